The van der Waals surface area contributed by atoms with E-state index in [0.29, 0.717) is 23.1 Å². The first-order chi connectivity index (χ1) is 11.8. The molecule has 1 N–H and O–H groups in total. The molecule has 26 heavy (non-hydrogen) atoms. The highest BCUT2D eigenvalue weighted by Crippen LogP contribution is 2.22. The topological polar surface area (TPSA) is 67.4 Å². The van der Waals surface area contributed by atoms with E-state index in [1.54, 1.807) is 24.7 Å². The van der Waals surface area contributed by atoms with Crippen molar-refractivity contribution >= 4 is 30.7 Å². The number of aromatic nitrogens is 2. The number of piperidine rings is 1. The number of likely N-dealkylation sites (tertiary alicyclic amines) is 1. The minimum absolute atomic E-state index is 0. The zero-order valence-corrected chi connectivity index (χ0v) is 16.3. The average molecular weight is 399 g/mol. The van der Waals surface area contributed by atoms with Gasteiger partial charge in [0, 0.05) is 31.0 Å². The number of rotatable bonds is 5. The summed E-state index contributed by atoms with van der Waals surface area (Å²) >= 11 is 0. The van der Waals surface area contributed by atoms with Crippen LogP contribution in [0, 0.1) is 5.92 Å². The van der Waals surface area contributed by atoms with Crippen LogP contribution in [-0.2, 0) is 0 Å². The van der Waals surface area contributed by atoms with E-state index in [1.807, 2.05) is 30.1 Å². The second-order valence-electron chi connectivity index (χ2n) is 5.97. The van der Waals surface area contributed by atoms with E-state index in [9.17, 15) is 4.79 Å². The summed E-state index contributed by atoms with van der Waals surface area (Å²) < 4.78 is 5.65. The van der Waals surface area contributed by atoms with Gasteiger partial charge in [-0.2, -0.15) is 0 Å². The molecular weight excluding hydrogens is 375 g/mol. The zero-order valence-electron chi connectivity index (χ0n) is 14.6. The molecule has 0 saturated carbocycles. The van der Waals surface area contributed by atoms with Crippen LogP contribution in [0.4, 0.5) is 0 Å². The molecular formula is C18H24Cl2N4O2. The fourth-order valence-electron chi connectivity index (χ4n) is 2.96. The van der Waals surface area contributed by atoms with Crippen LogP contribution < -0.4 is 10.1 Å². The summed E-state index contributed by atoms with van der Waals surface area (Å²) in [5.41, 5.74) is 0.642. The van der Waals surface area contributed by atoms with Crippen LogP contribution in [0.2, 0.25) is 0 Å². The molecule has 1 aromatic carbocycles. The number of ether oxygens (including phenoxy) is 1. The minimum Gasteiger partial charge on any atom is -0.437 e. The molecule has 1 aromatic heterocycles. The Bertz CT molecular complexity index is 680. The predicted octanol–water partition coefficient (Wildman–Crippen LogP) is 3.18. The fraction of sp³-hybridized carbons (Fsp3) is 0.389. The van der Waals surface area contributed by atoms with Gasteiger partial charge in [0.05, 0.1) is 6.20 Å². The standard InChI is InChI=1S/C18H22N4O2.2ClH/c1-19-12-14-5-9-22(10-6-14)18(23)15-3-2-4-16(11-15)24-17-13-20-7-8-21-17;;/h2-4,7-8,11,13-14,19H,5-6,9-10,12H2,1H3;2*1H. The molecule has 2 aromatic rings. The van der Waals surface area contributed by atoms with Gasteiger partial charge < -0.3 is 15.0 Å². The van der Waals surface area contributed by atoms with Gasteiger partial charge >= 0.3 is 0 Å². The Morgan fingerprint density at radius 3 is 2.69 bits per heavy atom. The molecule has 0 bridgehead atoms. The Labute approximate surface area is 166 Å². The van der Waals surface area contributed by atoms with Crippen LogP contribution in [0.5, 0.6) is 11.6 Å². The van der Waals surface area contributed by atoms with Crippen molar-refractivity contribution in [2.75, 3.05) is 26.7 Å². The highest BCUT2D eigenvalue weighted by molar-refractivity contribution is 5.94. The van der Waals surface area contributed by atoms with Crippen LogP contribution in [0.25, 0.3) is 0 Å². The fourth-order valence-corrected chi connectivity index (χ4v) is 2.96. The molecule has 0 unspecified atom stereocenters. The van der Waals surface area contributed by atoms with Crippen molar-refractivity contribution in [2.45, 2.75) is 12.8 Å². The lowest BCUT2D eigenvalue weighted by atomic mass is 9.96. The van der Waals surface area contributed by atoms with E-state index in [1.165, 1.54) is 0 Å². The van der Waals surface area contributed by atoms with Gasteiger partial charge in [0.2, 0.25) is 5.88 Å². The molecule has 0 aliphatic carbocycles. The van der Waals surface area contributed by atoms with Crippen molar-refractivity contribution in [3.05, 3.63) is 48.4 Å². The lowest BCUT2D eigenvalue weighted by Crippen LogP contribution is -2.40. The van der Waals surface area contributed by atoms with Crippen LogP contribution in [0.1, 0.15) is 23.2 Å². The quantitative estimate of drug-likeness (QED) is 0.837. The second kappa shape index (κ2) is 11.0. The lowest BCUT2D eigenvalue weighted by molar-refractivity contribution is 0.0690. The van der Waals surface area contributed by atoms with Gasteiger partial charge in [0.25, 0.3) is 5.91 Å². The molecule has 8 heteroatoms. The summed E-state index contributed by atoms with van der Waals surface area (Å²) in [5, 5.41) is 3.21. The van der Waals surface area contributed by atoms with Crippen molar-refractivity contribution in [1.29, 1.82) is 0 Å². The monoisotopic (exact) mass is 398 g/mol. The predicted molar refractivity (Wildman–Crippen MR) is 106 cm³/mol. The first kappa shape index (κ1) is 22.2. The van der Waals surface area contributed by atoms with E-state index in [-0.39, 0.29) is 30.7 Å². The van der Waals surface area contributed by atoms with Gasteiger partial charge in [-0.1, -0.05) is 6.07 Å². The summed E-state index contributed by atoms with van der Waals surface area (Å²) in [6.45, 7) is 2.63. The smallest absolute Gasteiger partial charge is 0.253 e. The van der Waals surface area contributed by atoms with Crippen LogP contribution in [-0.4, -0.2) is 47.5 Å². The summed E-state index contributed by atoms with van der Waals surface area (Å²) in [4.78, 5) is 22.7. The third-order valence-corrected chi connectivity index (χ3v) is 4.24. The average Bonchev–Trinajstić information content (AvgIpc) is 2.63. The molecule has 1 aliphatic heterocycles. The highest BCUT2D eigenvalue weighted by Gasteiger charge is 2.23. The number of amides is 1. The van der Waals surface area contributed by atoms with Gasteiger partial charge in [-0.25, -0.2) is 4.98 Å². The van der Waals surface area contributed by atoms with Crippen LogP contribution >= 0.6 is 24.8 Å². The number of benzene rings is 1. The van der Waals surface area contributed by atoms with E-state index >= 15 is 0 Å². The molecule has 0 spiro atoms. The second-order valence-corrected chi connectivity index (χ2v) is 5.97. The number of hydrogen-bond acceptors (Lipinski definition) is 5. The Hall–Kier alpha value is -1.89. The highest BCUT2D eigenvalue weighted by atomic mass is 35.5. The largest absolute Gasteiger partial charge is 0.437 e. The molecule has 2 heterocycles. The third-order valence-electron chi connectivity index (χ3n) is 4.24. The molecule has 142 valence electrons. The van der Waals surface area contributed by atoms with Crippen LogP contribution in [0.3, 0.4) is 0 Å². The van der Waals surface area contributed by atoms with E-state index in [2.05, 4.69) is 15.3 Å². The molecule has 1 saturated heterocycles. The molecule has 1 fully saturated rings. The summed E-state index contributed by atoms with van der Waals surface area (Å²) in [5.74, 6) is 1.72. The number of nitrogens with one attached hydrogen (secondary N) is 1. The van der Waals surface area contributed by atoms with Gasteiger partial charge in [0.1, 0.15) is 5.75 Å². The summed E-state index contributed by atoms with van der Waals surface area (Å²) in [7, 11) is 1.97. The third kappa shape index (κ3) is 5.83. The van der Waals surface area contributed by atoms with E-state index in [4.69, 9.17) is 4.74 Å². The number of carbonyl (C=O) groups is 1. The Morgan fingerprint density at radius 1 is 1.27 bits per heavy atom. The number of carbonyl (C=O) groups excluding carboxylic acids is 1. The van der Waals surface area contributed by atoms with Gasteiger partial charge in [0.15, 0.2) is 0 Å². The number of halogens is 2. The molecule has 1 aliphatic rings. The van der Waals surface area contributed by atoms with E-state index in [0.717, 1.165) is 32.5 Å². The maximum absolute atomic E-state index is 12.7. The van der Waals surface area contributed by atoms with Crippen molar-refractivity contribution in [3.63, 3.8) is 0 Å². The first-order valence-corrected chi connectivity index (χ1v) is 8.24. The number of nitrogens with zero attached hydrogens (tertiary/aromatic N) is 3. The van der Waals surface area contributed by atoms with E-state index < -0.39 is 0 Å². The summed E-state index contributed by atoms with van der Waals surface area (Å²) in [6, 6.07) is 7.22. The lowest BCUT2D eigenvalue weighted by Gasteiger charge is -2.32. The maximum Gasteiger partial charge on any atom is 0.253 e. The Kier molecular flexibility index (Phi) is 9.34. The molecule has 1 amide bonds. The zero-order chi connectivity index (χ0) is 16.8. The minimum atomic E-state index is 0. The molecule has 0 atom stereocenters. The summed E-state index contributed by atoms with van der Waals surface area (Å²) in [6.07, 6.45) is 6.79. The number of hydrogen-bond donors (Lipinski definition) is 1. The van der Waals surface area contributed by atoms with Crippen molar-refractivity contribution in [2.24, 2.45) is 5.92 Å². The van der Waals surface area contributed by atoms with Gasteiger partial charge in [-0.05, 0) is 50.6 Å². The molecule has 0 radical (unpaired) electrons. The van der Waals surface area contributed by atoms with Gasteiger partial charge in [-0.3, -0.25) is 9.78 Å². The first-order valence-electron chi connectivity index (χ1n) is 8.24. The van der Waals surface area contributed by atoms with Crippen molar-refractivity contribution < 1.29 is 9.53 Å². The van der Waals surface area contributed by atoms with Crippen LogP contribution in [0.15, 0.2) is 42.9 Å². The van der Waals surface area contributed by atoms with Crippen molar-refractivity contribution in [1.82, 2.24) is 20.2 Å². The van der Waals surface area contributed by atoms with Gasteiger partial charge in [-0.15, -0.1) is 24.8 Å². The van der Waals surface area contributed by atoms with Crippen molar-refractivity contribution in [3.8, 4) is 11.6 Å². The molecule has 3 rings (SSSR count). The Morgan fingerprint density at radius 2 is 2.04 bits per heavy atom. The molecule has 6 nitrogen and oxygen atoms in total. The Balaban J connectivity index is 0.00000169. The normalized spacial score (nSPS) is 14.1. The SMILES string of the molecule is CNCC1CCN(C(=O)c2cccc(Oc3cnccn3)c2)CC1.Cl.Cl. The maximum atomic E-state index is 12.7.